The minimum absolute atomic E-state index is 0.740. The van der Waals surface area contributed by atoms with Gasteiger partial charge in [-0.1, -0.05) is 31.9 Å². The lowest BCUT2D eigenvalue weighted by atomic mass is 10.0. The monoisotopic (exact) mass is 373 g/mol. The van der Waals surface area contributed by atoms with Gasteiger partial charge in [0.05, 0.1) is 12.9 Å². The highest BCUT2D eigenvalue weighted by Gasteiger charge is 2.17. The Kier molecular flexibility index (Phi) is 5.84. The standard InChI is InChI=1S/C23H27N5/c1-17(2)24-16-27-13-19(5)23(15-27)21-6-8-22(9-7-21)28-11-10-20(14-28)12-25-26-18(3)4/h6-12,14-15,24,26H,1,3,5,13,16H2,2,4H3/b25-12+. The summed E-state index contributed by atoms with van der Waals surface area (Å²) in [6, 6.07) is 10.5. The molecule has 0 spiro atoms. The van der Waals surface area contributed by atoms with Crippen molar-refractivity contribution in [2.75, 3.05) is 13.2 Å². The average molecular weight is 374 g/mol. The van der Waals surface area contributed by atoms with Crippen LogP contribution in [-0.4, -0.2) is 28.9 Å². The van der Waals surface area contributed by atoms with Gasteiger partial charge in [0.1, 0.15) is 0 Å². The van der Waals surface area contributed by atoms with Crippen molar-refractivity contribution in [2.45, 2.75) is 13.8 Å². The molecule has 0 atom stereocenters. The van der Waals surface area contributed by atoms with E-state index in [4.69, 9.17) is 0 Å². The lowest BCUT2D eigenvalue weighted by Gasteiger charge is -2.16. The zero-order valence-electron chi connectivity index (χ0n) is 16.6. The van der Waals surface area contributed by atoms with Gasteiger partial charge in [-0.3, -0.25) is 5.43 Å². The summed E-state index contributed by atoms with van der Waals surface area (Å²) in [5, 5.41) is 7.39. The van der Waals surface area contributed by atoms with Crippen LogP contribution in [0.2, 0.25) is 0 Å². The maximum atomic E-state index is 4.22. The molecule has 0 saturated carbocycles. The van der Waals surface area contributed by atoms with Crippen molar-refractivity contribution in [3.05, 3.63) is 96.8 Å². The third-order valence-corrected chi connectivity index (χ3v) is 4.33. The molecule has 3 rings (SSSR count). The van der Waals surface area contributed by atoms with E-state index in [0.29, 0.717) is 0 Å². The highest BCUT2D eigenvalue weighted by molar-refractivity contribution is 5.81. The van der Waals surface area contributed by atoms with Gasteiger partial charge in [-0.15, -0.1) is 0 Å². The summed E-state index contributed by atoms with van der Waals surface area (Å²) in [4.78, 5) is 2.21. The molecule has 2 aromatic rings. The molecule has 0 radical (unpaired) electrons. The Morgan fingerprint density at radius 2 is 1.89 bits per heavy atom. The van der Waals surface area contributed by atoms with Gasteiger partial charge in [-0.2, -0.15) is 5.10 Å². The summed E-state index contributed by atoms with van der Waals surface area (Å²) < 4.78 is 2.08. The quantitative estimate of drug-likeness (QED) is 0.538. The highest BCUT2D eigenvalue weighted by atomic mass is 15.3. The van der Waals surface area contributed by atoms with E-state index in [0.717, 1.165) is 41.4 Å². The second kappa shape index (κ2) is 8.48. The number of hydrogen-bond acceptors (Lipinski definition) is 4. The Bertz CT molecular complexity index is 944. The zero-order valence-corrected chi connectivity index (χ0v) is 16.6. The minimum Gasteiger partial charge on any atom is -0.372 e. The summed E-state index contributed by atoms with van der Waals surface area (Å²) >= 11 is 0. The van der Waals surface area contributed by atoms with Gasteiger partial charge in [0.15, 0.2) is 0 Å². The molecule has 0 fully saturated rings. The molecule has 0 unspecified atom stereocenters. The fourth-order valence-corrected chi connectivity index (χ4v) is 2.95. The van der Waals surface area contributed by atoms with Crippen LogP contribution in [-0.2, 0) is 0 Å². The molecule has 2 heterocycles. The summed E-state index contributed by atoms with van der Waals surface area (Å²) in [7, 11) is 0. The van der Waals surface area contributed by atoms with E-state index in [1.807, 2.05) is 32.3 Å². The molecule has 1 aromatic heterocycles. The number of hydrogen-bond donors (Lipinski definition) is 2. The second-order valence-corrected chi connectivity index (χ2v) is 7.06. The first kappa shape index (κ1) is 19.3. The molecule has 0 saturated heterocycles. The number of rotatable bonds is 8. The van der Waals surface area contributed by atoms with Gasteiger partial charge in [0, 0.05) is 53.4 Å². The Morgan fingerprint density at radius 1 is 1.14 bits per heavy atom. The van der Waals surface area contributed by atoms with Gasteiger partial charge in [-0.25, -0.2) is 0 Å². The molecule has 5 heteroatoms. The van der Waals surface area contributed by atoms with Gasteiger partial charge in [0.2, 0.25) is 0 Å². The first-order valence-electron chi connectivity index (χ1n) is 9.19. The molecule has 1 aliphatic rings. The van der Waals surface area contributed by atoms with E-state index in [9.17, 15) is 0 Å². The molecule has 2 N–H and O–H groups in total. The van der Waals surface area contributed by atoms with Crippen LogP contribution in [0.5, 0.6) is 0 Å². The molecule has 1 aromatic carbocycles. The summed E-state index contributed by atoms with van der Waals surface area (Å²) in [6.07, 6.45) is 8.00. The van der Waals surface area contributed by atoms with Crippen molar-refractivity contribution >= 4 is 11.8 Å². The van der Waals surface area contributed by atoms with E-state index in [-0.39, 0.29) is 0 Å². The van der Waals surface area contributed by atoms with Crippen LogP contribution >= 0.6 is 0 Å². The second-order valence-electron chi connectivity index (χ2n) is 7.06. The molecular weight excluding hydrogens is 346 g/mol. The lowest BCUT2D eigenvalue weighted by molar-refractivity contribution is 0.403. The van der Waals surface area contributed by atoms with Crippen LogP contribution < -0.4 is 10.7 Å². The molecule has 144 valence electrons. The molecule has 0 bridgehead atoms. The number of aromatic nitrogens is 1. The maximum Gasteiger partial charge on any atom is 0.0871 e. The molecule has 1 aliphatic heterocycles. The van der Waals surface area contributed by atoms with Crippen molar-refractivity contribution in [2.24, 2.45) is 5.10 Å². The fraction of sp³-hybridized carbons (Fsp3) is 0.174. The Hall–Kier alpha value is -3.47. The van der Waals surface area contributed by atoms with E-state index < -0.39 is 0 Å². The Balaban J connectivity index is 1.70. The van der Waals surface area contributed by atoms with Crippen LogP contribution in [0.3, 0.4) is 0 Å². The first-order valence-corrected chi connectivity index (χ1v) is 9.19. The highest BCUT2D eigenvalue weighted by Crippen LogP contribution is 2.29. The third kappa shape index (κ3) is 4.82. The normalized spacial score (nSPS) is 13.7. The van der Waals surface area contributed by atoms with Crippen molar-refractivity contribution < 1.29 is 0 Å². The average Bonchev–Trinajstić information content (AvgIpc) is 3.26. The van der Waals surface area contributed by atoms with Crippen molar-refractivity contribution in [3.63, 3.8) is 0 Å². The summed E-state index contributed by atoms with van der Waals surface area (Å²) in [5.41, 5.74) is 10.2. The Morgan fingerprint density at radius 3 is 2.57 bits per heavy atom. The molecule has 28 heavy (non-hydrogen) atoms. The van der Waals surface area contributed by atoms with E-state index in [1.165, 1.54) is 11.1 Å². The van der Waals surface area contributed by atoms with Crippen molar-refractivity contribution in [1.29, 1.82) is 0 Å². The van der Waals surface area contributed by atoms with Gasteiger partial charge < -0.3 is 14.8 Å². The molecule has 0 amide bonds. The number of benzene rings is 1. The summed E-state index contributed by atoms with van der Waals surface area (Å²) in [6.45, 7) is 17.3. The smallest absolute Gasteiger partial charge is 0.0871 e. The predicted octanol–water partition coefficient (Wildman–Crippen LogP) is 4.23. The van der Waals surface area contributed by atoms with Crippen LogP contribution in [0.1, 0.15) is 25.0 Å². The first-order chi connectivity index (χ1) is 13.4. The predicted molar refractivity (Wildman–Crippen MR) is 118 cm³/mol. The number of nitrogens with zero attached hydrogens (tertiary/aromatic N) is 3. The maximum absolute atomic E-state index is 4.22. The fourth-order valence-electron chi connectivity index (χ4n) is 2.95. The van der Waals surface area contributed by atoms with Crippen LogP contribution in [0, 0.1) is 0 Å². The van der Waals surface area contributed by atoms with E-state index in [2.05, 4.69) is 75.5 Å². The van der Waals surface area contributed by atoms with E-state index in [1.54, 1.807) is 6.21 Å². The molecule has 5 nitrogen and oxygen atoms in total. The van der Waals surface area contributed by atoms with Crippen LogP contribution in [0.4, 0.5) is 0 Å². The van der Waals surface area contributed by atoms with Crippen molar-refractivity contribution in [1.82, 2.24) is 20.2 Å². The van der Waals surface area contributed by atoms with Gasteiger partial charge in [0.25, 0.3) is 0 Å². The number of nitrogens with one attached hydrogen (secondary N) is 2. The zero-order chi connectivity index (χ0) is 20.1. The molecular formula is C23H27N5. The number of hydrazone groups is 1. The van der Waals surface area contributed by atoms with Gasteiger partial charge >= 0.3 is 0 Å². The summed E-state index contributed by atoms with van der Waals surface area (Å²) in [5.74, 6) is 0. The minimum atomic E-state index is 0.740. The SMILES string of the molecule is C=C(C)NCN1C=C(c2ccc(-n3ccc(/C=N/NC(=C)C)c3)cc2)C(=C)C1. The third-order valence-electron chi connectivity index (χ3n) is 4.33. The Labute approximate surface area is 167 Å². The number of allylic oxidation sites excluding steroid dienone is 2. The van der Waals surface area contributed by atoms with Crippen LogP contribution in [0.15, 0.2) is 90.7 Å². The largest absolute Gasteiger partial charge is 0.372 e. The lowest BCUT2D eigenvalue weighted by Crippen LogP contribution is -2.27. The van der Waals surface area contributed by atoms with Crippen LogP contribution in [0.25, 0.3) is 11.3 Å². The van der Waals surface area contributed by atoms with Crippen molar-refractivity contribution in [3.8, 4) is 5.69 Å². The topological polar surface area (TPSA) is 44.6 Å². The molecule has 0 aliphatic carbocycles. The van der Waals surface area contributed by atoms with E-state index >= 15 is 0 Å². The van der Waals surface area contributed by atoms with Gasteiger partial charge in [-0.05, 0) is 43.2 Å².